The van der Waals surface area contributed by atoms with E-state index in [9.17, 15) is 5.11 Å². The average molecular weight is 379 g/mol. The lowest BCUT2D eigenvalue weighted by molar-refractivity contribution is 0.00578. The van der Waals surface area contributed by atoms with Crippen LogP contribution in [0, 0.1) is 0 Å². The highest BCUT2D eigenvalue weighted by Gasteiger charge is 2.51. The Hall–Kier alpha value is -0.665. The van der Waals surface area contributed by atoms with Crippen molar-refractivity contribution in [1.82, 2.24) is 14.9 Å². The number of likely N-dealkylation sites (tertiary alicyclic amines) is 1. The van der Waals surface area contributed by atoms with Crippen LogP contribution >= 0.6 is 11.8 Å². The zero-order chi connectivity index (χ0) is 18.8. The molecule has 1 aromatic heterocycles. The molecule has 0 aromatic carbocycles. The van der Waals surface area contributed by atoms with Crippen LogP contribution in [0.15, 0.2) is 17.6 Å². The Bertz CT molecular complexity index is 582. The van der Waals surface area contributed by atoms with Gasteiger partial charge in [-0.15, -0.1) is 0 Å². The van der Waals surface area contributed by atoms with E-state index in [-0.39, 0.29) is 17.8 Å². The molecule has 6 nitrogen and oxygen atoms in total. The van der Waals surface area contributed by atoms with Crippen LogP contribution in [0.25, 0.3) is 0 Å². The molecule has 0 saturated carbocycles. The normalized spacial score (nSPS) is 25.6. The van der Waals surface area contributed by atoms with E-state index < -0.39 is 7.12 Å². The highest BCUT2D eigenvalue weighted by molar-refractivity contribution is 7.99. The molecular formula is C18H30BN3O3S. The Morgan fingerprint density at radius 2 is 1.85 bits per heavy atom. The molecule has 0 radical (unpaired) electrons. The van der Waals surface area contributed by atoms with Crippen molar-refractivity contribution in [3.05, 3.63) is 12.4 Å². The molecule has 0 unspecified atom stereocenters. The first kappa shape index (κ1) is 20.1. The van der Waals surface area contributed by atoms with E-state index in [1.165, 1.54) is 19.3 Å². The Balaban J connectivity index is 1.57. The summed E-state index contributed by atoms with van der Waals surface area (Å²) in [4.78, 5) is 11.4. The molecule has 2 aliphatic rings. The van der Waals surface area contributed by atoms with Crippen LogP contribution in [0.4, 0.5) is 0 Å². The summed E-state index contributed by atoms with van der Waals surface area (Å²) in [5.74, 6) is 0.954. The van der Waals surface area contributed by atoms with Crippen LogP contribution < -0.4 is 5.46 Å². The van der Waals surface area contributed by atoms with Crippen molar-refractivity contribution in [2.75, 3.05) is 25.4 Å². The van der Waals surface area contributed by atoms with Gasteiger partial charge in [-0.25, -0.2) is 9.97 Å². The summed E-state index contributed by atoms with van der Waals surface area (Å²) in [6, 6.07) is 0.493. The molecule has 2 fully saturated rings. The van der Waals surface area contributed by atoms with E-state index in [2.05, 4.69) is 14.9 Å². The molecule has 0 bridgehead atoms. The molecule has 0 spiro atoms. The van der Waals surface area contributed by atoms with Crippen molar-refractivity contribution >= 4 is 24.3 Å². The summed E-state index contributed by atoms with van der Waals surface area (Å²) in [6.07, 6.45) is 7.28. The topological polar surface area (TPSA) is 67.7 Å². The van der Waals surface area contributed by atoms with Crippen molar-refractivity contribution in [3.8, 4) is 0 Å². The molecule has 26 heavy (non-hydrogen) atoms. The summed E-state index contributed by atoms with van der Waals surface area (Å²) in [6.45, 7) is 10.2. The van der Waals surface area contributed by atoms with Crippen LogP contribution in [-0.4, -0.2) is 69.8 Å². The van der Waals surface area contributed by atoms with Crippen molar-refractivity contribution in [2.24, 2.45) is 0 Å². The summed E-state index contributed by atoms with van der Waals surface area (Å²) < 4.78 is 12.1. The first-order chi connectivity index (χ1) is 12.3. The predicted molar refractivity (Wildman–Crippen MR) is 105 cm³/mol. The van der Waals surface area contributed by atoms with Crippen LogP contribution in [0.2, 0.25) is 0 Å². The third kappa shape index (κ3) is 4.42. The number of piperidine rings is 1. The Morgan fingerprint density at radius 3 is 2.46 bits per heavy atom. The van der Waals surface area contributed by atoms with Crippen molar-refractivity contribution in [3.63, 3.8) is 0 Å². The Labute approximate surface area is 161 Å². The Morgan fingerprint density at radius 1 is 1.19 bits per heavy atom. The number of rotatable bonds is 6. The van der Waals surface area contributed by atoms with Crippen LogP contribution in [0.1, 0.15) is 47.0 Å². The highest BCUT2D eigenvalue weighted by Crippen LogP contribution is 2.36. The van der Waals surface area contributed by atoms with Crippen LogP contribution in [0.5, 0.6) is 0 Å². The highest BCUT2D eigenvalue weighted by atomic mass is 32.2. The van der Waals surface area contributed by atoms with Crippen molar-refractivity contribution < 1.29 is 14.4 Å². The number of thioether (sulfide) groups is 1. The third-order valence-corrected chi connectivity index (χ3v) is 6.74. The van der Waals surface area contributed by atoms with Gasteiger partial charge in [0.05, 0.1) is 17.8 Å². The van der Waals surface area contributed by atoms with Gasteiger partial charge >= 0.3 is 7.12 Å². The largest absolute Gasteiger partial charge is 0.498 e. The molecular weight excluding hydrogens is 349 g/mol. The van der Waals surface area contributed by atoms with Gasteiger partial charge in [0.15, 0.2) is 5.16 Å². The first-order valence-electron chi connectivity index (χ1n) is 9.48. The van der Waals surface area contributed by atoms with Gasteiger partial charge in [0.2, 0.25) is 0 Å². The molecule has 0 aliphatic carbocycles. The van der Waals surface area contributed by atoms with E-state index in [0.717, 1.165) is 29.5 Å². The van der Waals surface area contributed by atoms with E-state index in [0.29, 0.717) is 6.04 Å². The van der Waals surface area contributed by atoms with E-state index in [1.54, 1.807) is 11.8 Å². The van der Waals surface area contributed by atoms with Gasteiger partial charge in [0, 0.05) is 36.2 Å². The minimum Gasteiger partial charge on any atom is -0.399 e. The number of aromatic nitrogens is 2. The van der Waals surface area contributed by atoms with Gasteiger partial charge in [-0.05, 0) is 47.1 Å². The van der Waals surface area contributed by atoms with Gasteiger partial charge < -0.3 is 14.4 Å². The fourth-order valence-electron chi connectivity index (χ4n) is 3.34. The summed E-state index contributed by atoms with van der Waals surface area (Å²) in [5, 5.41) is 10.0. The number of nitrogens with zero attached hydrogens (tertiary/aromatic N) is 3. The maximum absolute atomic E-state index is 9.23. The number of β-amino-alcohol motifs (C(OH)–C–C–N with tert-alkyl or cyclic N) is 1. The van der Waals surface area contributed by atoms with Gasteiger partial charge in [-0.2, -0.15) is 0 Å². The zero-order valence-corrected chi connectivity index (χ0v) is 17.1. The maximum atomic E-state index is 9.23. The third-order valence-electron chi connectivity index (χ3n) is 5.71. The quantitative estimate of drug-likeness (QED) is 0.459. The van der Waals surface area contributed by atoms with Gasteiger partial charge in [0.25, 0.3) is 0 Å². The fraction of sp³-hybridized carbons (Fsp3) is 0.778. The summed E-state index contributed by atoms with van der Waals surface area (Å²) in [7, 11) is -0.419. The molecule has 2 aliphatic heterocycles. The molecule has 144 valence electrons. The van der Waals surface area contributed by atoms with Gasteiger partial charge in [-0.3, -0.25) is 4.90 Å². The van der Waals surface area contributed by atoms with Gasteiger partial charge in [0.1, 0.15) is 0 Å². The number of hydrogen-bond acceptors (Lipinski definition) is 7. The fourth-order valence-corrected chi connectivity index (χ4v) is 4.32. The lowest BCUT2D eigenvalue weighted by atomic mass is 9.81. The second-order valence-corrected chi connectivity index (χ2v) is 9.09. The van der Waals surface area contributed by atoms with E-state index in [4.69, 9.17) is 9.31 Å². The molecule has 1 aromatic rings. The zero-order valence-electron chi connectivity index (χ0n) is 16.3. The molecule has 1 atom stereocenters. The summed E-state index contributed by atoms with van der Waals surface area (Å²) >= 11 is 1.68. The molecule has 3 heterocycles. The molecule has 8 heteroatoms. The first-order valence-corrected chi connectivity index (χ1v) is 10.5. The standard InChI is InChI=1S/C18H30BN3O3S/c1-17(2)18(3,4)25-19(24-17)14-11-20-16(21-12-14)26-13-15-7-5-6-8-22(15)9-10-23/h11-12,15,23H,5-10,13H2,1-4H3/t15-/m1/s1. The van der Waals surface area contributed by atoms with Crippen LogP contribution in [-0.2, 0) is 9.31 Å². The number of hydrogen-bond donors (Lipinski definition) is 1. The Kier molecular flexibility index (Phi) is 6.29. The SMILES string of the molecule is CC1(C)OB(c2cnc(SC[C@H]3CCCCN3CCO)nc2)OC1(C)C. The smallest absolute Gasteiger partial charge is 0.399 e. The van der Waals surface area contributed by atoms with Gasteiger partial charge in [-0.1, -0.05) is 18.2 Å². The minimum atomic E-state index is -0.419. The number of aliphatic hydroxyl groups is 1. The molecule has 1 N–H and O–H groups in total. The minimum absolute atomic E-state index is 0.223. The van der Waals surface area contributed by atoms with E-state index >= 15 is 0 Å². The number of aliphatic hydroxyl groups excluding tert-OH is 1. The lowest BCUT2D eigenvalue weighted by Crippen LogP contribution is -2.42. The second kappa shape index (κ2) is 8.14. The average Bonchev–Trinajstić information content (AvgIpc) is 2.82. The van der Waals surface area contributed by atoms with Crippen molar-refractivity contribution in [1.29, 1.82) is 0 Å². The second-order valence-electron chi connectivity index (χ2n) is 8.11. The molecule has 3 rings (SSSR count). The monoisotopic (exact) mass is 379 g/mol. The molecule has 2 saturated heterocycles. The molecule has 0 amide bonds. The predicted octanol–water partition coefficient (Wildman–Crippen LogP) is 1.71. The summed E-state index contributed by atoms with van der Waals surface area (Å²) in [5.41, 5.74) is 0.136. The van der Waals surface area contributed by atoms with Crippen molar-refractivity contribution in [2.45, 2.75) is 69.4 Å². The lowest BCUT2D eigenvalue weighted by Gasteiger charge is -2.34. The maximum Gasteiger partial charge on any atom is 0.498 e. The van der Waals surface area contributed by atoms with Crippen LogP contribution in [0.3, 0.4) is 0 Å². The van der Waals surface area contributed by atoms with E-state index in [1.807, 2.05) is 40.1 Å².